The van der Waals surface area contributed by atoms with Crippen LogP contribution in [0, 0.1) is 12.3 Å². The molecule has 0 bridgehead atoms. The number of nitrogens with zero attached hydrogens (tertiary/aromatic N) is 4. The zero-order valence-electron chi connectivity index (χ0n) is 21.2. The molecule has 2 heterocycles. The normalized spacial score (nSPS) is 11.9. The molecule has 2 aromatic heterocycles. The Morgan fingerprint density at radius 1 is 1.15 bits per heavy atom. The molecule has 184 valence electrons. The van der Waals surface area contributed by atoms with Crippen molar-refractivity contribution in [3.8, 4) is 11.6 Å². The van der Waals surface area contributed by atoms with Crippen LogP contribution < -0.4 is 15.1 Å². The summed E-state index contributed by atoms with van der Waals surface area (Å²) >= 11 is 0. The molecule has 1 aromatic carbocycles. The first-order valence-electron chi connectivity index (χ1n) is 11.8. The van der Waals surface area contributed by atoms with Gasteiger partial charge in [0.25, 0.3) is 0 Å². The van der Waals surface area contributed by atoms with Gasteiger partial charge in [-0.15, -0.1) is 10.2 Å². The molecule has 34 heavy (non-hydrogen) atoms. The fourth-order valence-corrected chi connectivity index (χ4v) is 3.68. The van der Waals surface area contributed by atoms with Crippen LogP contribution in [-0.4, -0.2) is 43.8 Å². The van der Waals surface area contributed by atoms with Crippen molar-refractivity contribution in [3.05, 3.63) is 53.2 Å². The molecule has 0 aliphatic heterocycles. The van der Waals surface area contributed by atoms with Gasteiger partial charge in [-0.25, -0.2) is 4.68 Å². The van der Waals surface area contributed by atoms with Crippen molar-refractivity contribution in [1.29, 1.82) is 5.41 Å². The fraction of sp³-hybridized carbons (Fsp3) is 0.500. The lowest BCUT2D eigenvalue weighted by atomic mass is 9.85. The van der Waals surface area contributed by atoms with Gasteiger partial charge in [0.2, 0.25) is 11.5 Å². The van der Waals surface area contributed by atoms with Crippen LogP contribution in [0.25, 0.3) is 11.2 Å². The molecule has 0 unspecified atom stereocenters. The summed E-state index contributed by atoms with van der Waals surface area (Å²) in [4.78, 5) is 0. The smallest absolute Gasteiger partial charge is 0.242 e. The molecule has 0 aliphatic rings. The maximum absolute atomic E-state index is 9.16. The van der Waals surface area contributed by atoms with E-state index in [-0.39, 0.29) is 30.4 Å². The standard InChI is InChI=1S/C26H37N5O3/c1-8-21(9-2)34-23-12-17(3)24-29-30(25(27)31(24)28-23)16-18(4)19-13-20(26(5,6)7)15-22(14-19)33-11-10-32/h12-15,21,27,32H,4,8-11,16H2,1-3,5-7H3. The van der Waals surface area contributed by atoms with Crippen LogP contribution in [0.4, 0.5) is 0 Å². The maximum atomic E-state index is 9.16. The number of aromatic nitrogens is 4. The summed E-state index contributed by atoms with van der Waals surface area (Å²) < 4.78 is 14.8. The van der Waals surface area contributed by atoms with Gasteiger partial charge >= 0.3 is 0 Å². The number of aryl methyl sites for hydroxylation is 1. The Balaban J connectivity index is 1.94. The average molecular weight is 468 g/mol. The molecule has 0 spiro atoms. The van der Waals surface area contributed by atoms with Crippen LogP contribution in [0.1, 0.15) is 64.2 Å². The van der Waals surface area contributed by atoms with Gasteiger partial charge in [0, 0.05) is 11.6 Å². The molecule has 0 radical (unpaired) electrons. The largest absolute Gasteiger partial charge is 0.491 e. The number of benzene rings is 1. The Hall–Kier alpha value is -3.13. The van der Waals surface area contributed by atoms with Gasteiger partial charge in [0.05, 0.1) is 19.3 Å². The molecule has 3 aromatic rings. The number of nitrogens with one attached hydrogen (secondary N) is 1. The van der Waals surface area contributed by atoms with Gasteiger partial charge in [0.15, 0.2) is 5.65 Å². The predicted octanol–water partition coefficient (Wildman–Crippen LogP) is 4.27. The van der Waals surface area contributed by atoms with Crippen molar-refractivity contribution in [2.24, 2.45) is 0 Å². The third-order valence-corrected chi connectivity index (χ3v) is 5.83. The quantitative estimate of drug-likeness (QED) is 0.464. The number of allylic oxidation sites excluding steroid dienone is 1. The summed E-state index contributed by atoms with van der Waals surface area (Å²) in [7, 11) is 0. The van der Waals surface area contributed by atoms with Crippen LogP contribution in [-0.2, 0) is 12.0 Å². The minimum absolute atomic E-state index is 0.0510. The molecule has 0 aliphatic carbocycles. The van der Waals surface area contributed by atoms with Gasteiger partial charge in [-0.2, -0.15) is 4.52 Å². The van der Waals surface area contributed by atoms with E-state index in [2.05, 4.69) is 57.5 Å². The predicted molar refractivity (Wildman–Crippen MR) is 133 cm³/mol. The number of ether oxygens (including phenoxy) is 2. The van der Waals surface area contributed by atoms with E-state index >= 15 is 0 Å². The molecule has 0 saturated heterocycles. The fourth-order valence-electron chi connectivity index (χ4n) is 3.68. The van der Waals surface area contributed by atoms with E-state index in [0.717, 1.165) is 35.1 Å². The lowest BCUT2D eigenvalue weighted by Crippen LogP contribution is -2.24. The minimum atomic E-state index is -0.0866. The monoisotopic (exact) mass is 467 g/mol. The highest BCUT2D eigenvalue weighted by atomic mass is 16.5. The van der Waals surface area contributed by atoms with E-state index in [4.69, 9.17) is 20.0 Å². The van der Waals surface area contributed by atoms with E-state index in [1.165, 1.54) is 4.52 Å². The molecule has 3 rings (SSSR count). The summed E-state index contributed by atoms with van der Waals surface area (Å²) in [6.07, 6.45) is 1.88. The van der Waals surface area contributed by atoms with Gasteiger partial charge in [0.1, 0.15) is 12.4 Å². The number of fused-ring (bicyclic) bond motifs is 1. The zero-order valence-corrected chi connectivity index (χ0v) is 21.2. The van der Waals surface area contributed by atoms with Gasteiger partial charge in [-0.05, 0) is 54.0 Å². The third-order valence-electron chi connectivity index (χ3n) is 5.83. The summed E-state index contributed by atoms with van der Waals surface area (Å²) in [5.74, 6) is 1.18. The van der Waals surface area contributed by atoms with E-state index in [1.54, 1.807) is 4.68 Å². The number of hydrogen-bond acceptors (Lipinski definition) is 6. The summed E-state index contributed by atoms with van der Waals surface area (Å²) in [5, 5.41) is 27.0. The van der Waals surface area contributed by atoms with Crippen molar-refractivity contribution in [2.45, 2.75) is 72.4 Å². The summed E-state index contributed by atoms with van der Waals surface area (Å²) in [6, 6.07) is 7.88. The van der Waals surface area contributed by atoms with Crippen molar-refractivity contribution < 1.29 is 14.6 Å². The second-order valence-electron chi connectivity index (χ2n) is 9.61. The van der Waals surface area contributed by atoms with E-state index in [9.17, 15) is 0 Å². The van der Waals surface area contributed by atoms with Gasteiger partial charge < -0.3 is 14.6 Å². The SMILES string of the molecule is C=C(Cn1nc2c(C)cc(OC(CC)CC)nn2c1=N)c1cc(OCCO)cc(C(C)(C)C)c1. The molecular weight excluding hydrogens is 430 g/mol. The number of aliphatic hydroxyl groups is 1. The van der Waals surface area contributed by atoms with Crippen molar-refractivity contribution in [1.82, 2.24) is 19.4 Å². The Kier molecular flexibility index (Phi) is 7.82. The Labute approximate surface area is 201 Å². The van der Waals surface area contributed by atoms with Gasteiger partial charge in [-0.3, -0.25) is 5.41 Å². The van der Waals surface area contributed by atoms with Crippen LogP contribution >= 0.6 is 0 Å². The first-order valence-corrected chi connectivity index (χ1v) is 11.8. The van der Waals surface area contributed by atoms with E-state index < -0.39 is 0 Å². The second-order valence-corrected chi connectivity index (χ2v) is 9.61. The molecule has 0 fully saturated rings. The van der Waals surface area contributed by atoms with Crippen LogP contribution in [0.15, 0.2) is 30.8 Å². The Morgan fingerprint density at radius 3 is 2.47 bits per heavy atom. The maximum Gasteiger partial charge on any atom is 0.242 e. The van der Waals surface area contributed by atoms with Crippen molar-refractivity contribution in [2.75, 3.05) is 13.2 Å². The third kappa shape index (κ3) is 5.67. The van der Waals surface area contributed by atoms with Crippen LogP contribution in [0.5, 0.6) is 11.6 Å². The highest BCUT2D eigenvalue weighted by molar-refractivity contribution is 5.66. The lowest BCUT2D eigenvalue weighted by Gasteiger charge is -2.22. The van der Waals surface area contributed by atoms with E-state index in [0.29, 0.717) is 23.8 Å². The topological polar surface area (TPSA) is 97.7 Å². The zero-order chi connectivity index (χ0) is 25.0. The number of rotatable bonds is 10. The molecular formula is C26H37N5O3. The number of hydrogen-bond donors (Lipinski definition) is 2. The molecule has 8 heteroatoms. The lowest BCUT2D eigenvalue weighted by molar-refractivity contribution is 0.182. The molecule has 8 nitrogen and oxygen atoms in total. The highest BCUT2D eigenvalue weighted by Crippen LogP contribution is 2.30. The summed E-state index contributed by atoms with van der Waals surface area (Å²) in [6.45, 7) is 17.3. The Morgan fingerprint density at radius 2 is 1.85 bits per heavy atom. The first kappa shape index (κ1) is 25.5. The highest BCUT2D eigenvalue weighted by Gasteiger charge is 2.18. The number of aliphatic hydroxyl groups excluding tert-OH is 1. The first-order chi connectivity index (χ1) is 16.1. The van der Waals surface area contributed by atoms with Crippen molar-refractivity contribution >= 4 is 11.2 Å². The molecule has 0 atom stereocenters. The average Bonchev–Trinajstić information content (AvgIpc) is 3.11. The summed E-state index contributed by atoms with van der Waals surface area (Å²) in [5.41, 5.74) is 4.38. The Bertz CT molecular complexity index is 1220. The minimum Gasteiger partial charge on any atom is -0.491 e. The van der Waals surface area contributed by atoms with E-state index in [1.807, 2.05) is 25.1 Å². The molecule has 2 N–H and O–H groups in total. The van der Waals surface area contributed by atoms with Crippen LogP contribution in [0.2, 0.25) is 0 Å². The van der Waals surface area contributed by atoms with Gasteiger partial charge in [-0.1, -0.05) is 47.3 Å². The van der Waals surface area contributed by atoms with Crippen molar-refractivity contribution in [3.63, 3.8) is 0 Å². The molecule has 0 amide bonds. The van der Waals surface area contributed by atoms with Crippen LogP contribution in [0.3, 0.4) is 0 Å². The second kappa shape index (κ2) is 10.4. The molecule has 0 saturated carbocycles.